The number of amides is 1. The van der Waals surface area contributed by atoms with Crippen molar-refractivity contribution < 1.29 is 23.9 Å². The van der Waals surface area contributed by atoms with E-state index in [0.717, 1.165) is 0 Å². The second-order valence-corrected chi connectivity index (χ2v) is 7.56. The molecule has 1 atom stereocenters. The summed E-state index contributed by atoms with van der Waals surface area (Å²) in [6.45, 7) is 9.18. The van der Waals surface area contributed by atoms with Crippen LogP contribution < -0.4 is 0 Å². The van der Waals surface area contributed by atoms with Gasteiger partial charge in [0.2, 0.25) is 5.91 Å². The van der Waals surface area contributed by atoms with Gasteiger partial charge in [-0.1, -0.05) is 13.8 Å². The molecular weight excluding hydrogens is 298 g/mol. The molecule has 1 aliphatic carbocycles. The molecule has 23 heavy (non-hydrogen) atoms. The molecule has 0 saturated heterocycles. The van der Waals surface area contributed by atoms with Crippen LogP contribution in [0.5, 0.6) is 0 Å². The van der Waals surface area contributed by atoms with Crippen molar-refractivity contribution in [1.82, 2.24) is 4.90 Å². The monoisotopic (exact) mass is 327 g/mol. The maximum absolute atomic E-state index is 12.6. The fourth-order valence-corrected chi connectivity index (χ4v) is 2.84. The maximum Gasteiger partial charge on any atom is 0.329 e. The minimum Gasteiger partial charge on any atom is -0.469 e. The largest absolute Gasteiger partial charge is 0.469 e. The van der Waals surface area contributed by atoms with Gasteiger partial charge in [0.25, 0.3) is 0 Å². The number of carbonyl (C=O) groups is 3. The van der Waals surface area contributed by atoms with Gasteiger partial charge in [-0.25, -0.2) is 4.79 Å². The average molecular weight is 327 g/mol. The first kappa shape index (κ1) is 19.5. The Hall–Kier alpha value is -1.59. The lowest BCUT2D eigenvalue weighted by molar-refractivity contribution is -0.169. The van der Waals surface area contributed by atoms with E-state index in [9.17, 15) is 14.4 Å². The van der Waals surface area contributed by atoms with Gasteiger partial charge in [0.05, 0.1) is 13.0 Å². The lowest BCUT2D eigenvalue weighted by Crippen LogP contribution is -2.52. The predicted molar refractivity (Wildman–Crippen MR) is 85.5 cm³/mol. The van der Waals surface area contributed by atoms with Crippen LogP contribution in [0.3, 0.4) is 0 Å². The molecule has 1 rings (SSSR count). The van der Waals surface area contributed by atoms with Crippen molar-refractivity contribution in [1.29, 1.82) is 0 Å². The minimum absolute atomic E-state index is 0.0599. The van der Waals surface area contributed by atoms with Gasteiger partial charge in [-0.15, -0.1) is 0 Å². The third-order valence-corrected chi connectivity index (χ3v) is 4.07. The van der Waals surface area contributed by atoms with Crippen molar-refractivity contribution >= 4 is 17.8 Å². The molecule has 1 aliphatic rings. The highest BCUT2D eigenvalue weighted by Crippen LogP contribution is 2.36. The van der Waals surface area contributed by atoms with E-state index in [1.54, 1.807) is 27.8 Å². The molecule has 0 unspecified atom stereocenters. The minimum atomic E-state index is -0.626. The fraction of sp³-hybridized carbons (Fsp3) is 0.824. The molecule has 1 saturated carbocycles. The standard InChI is InChI=1S/C17H29NO5/c1-10(2)13(16(21)23-17(3,4)5)18(6)14(19)11-8-12(9-11)15(20)22-7/h10-13H,8-9H2,1-7H3/t11?,12?,13-/m0/s1. The summed E-state index contributed by atoms with van der Waals surface area (Å²) < 4.78 is 10.1. The van der Waals surface area contributed by atoms with Gasteiger partial charge in [-0.2, -0.15) is 0 Å². The van der Waals surface area contributed by atoms with Crippen LogP contribution in [-0.2, 0) is 23.9 Å². The lowest BCUT2D eigenvalue weighted by atomic mass is 9.74. The highest BCUT2D eigenvalue weighted by molar-refractivity contribution is 5.88. The third kappa shape index (κ3) is 4.94. The second kappa shape index (κ2) is 7.32. The van der Waals surface area contributed by atoms with Crippen LogP contribution in [0.1, 0.15) is 47.5 Å². The van der Waals surface area contributed by atoms with E-state index in [-0.39, 0.29) is 29.6 Å². The quantitative estimate of drug-likeness (QED) is 0.722. The molecule has 0 aromatic heterocycles. The molecule has 0 spiro atoms. The van der Waals surface area contributed by atoms with Crippen LogP contribution in [0.25, 0.3) is 0 Å². The van der Waals surface area contributed by atoms with Gasteiger partial charge in [0.15, 0.2) is 0 Å². The Morgan fingerprint density at radius 2 is 1.61 bits per heavy atom. The molecule has 0 aliphatic heterocycles. The van der Waals surface area contributed by atoms with Crippen LogP contribution in [0.2, 0.25) is 0 Å². The Labute approximate surface area is 138 Å². The zero-order valence-electron chi connectivity index (χ0n) is 15.2. The van der Waals surface area contributed by atoms with Crippen molar-refractivity contribution in [3.05, 3.63) is 0 Å². The molecule has 6 nitrogen and oxygen atoms in total. The van der Waals surface area contributed by atoms with Crippen molar-refractivity contribution in [3.63, 3.8) is 0 Å². The van der Waals surface area contributed by atoms with E-state index >= 15 is 0 Å². The zero-order chi connectivity index (χ0) is 17.9. The fourth-order valence-electron chi connectivity index (χ4n) is 2.84. The summed E-state index contributed by atoms with van der Waals surface area (Å²) in [7, 11) is 2.98. The maximum atomic E-state index is 12.6. The molecule has 0 heterocycles. The highest BCUT2D eigenvalue weighted by atomic mass is 16.6. The number of methoxy groups -OCH3 is 1. The van der Waals surface area contributed by atoms with Crippen LogP contribution in [0, 0.1) is 17.8 Å². The number of hydrogen-bond acceptors (Lipinski definition) is 5. The van der Waals surface area contributed by atoms with Gasteiger partial charge in [0, 0.05) is 13.0 Å². The number of hydrogen-bond donors (Lipinski definition) is 0. The third-order valence-electron chi connectivity index (χ3n) is 4.07. The number of ether oxygens (including phenoxy) is 2. The van der Waals surface area contributed by atoms with Crippen LogP contribution in [0.4, 0.5) is 0 Å². The van der Waals surface area contributed by atoms with E-state index in [1.807, 2.05) is 13.8 Å². The SMILES string of the molecule is COC(=O)C1CC(C(=O)N(C)[C@H](C(=O)OC(C)(C)C)C(C)C)C1. The Morgan fingerprint density at radius 1 is 1.09 bits per heavy atom. The smallest absolute Gasteiger partial charge is 0.329 e. The molecule has 1 amide bonds. The molecule has 0 bridgehead atoms. The summed E-state index contributed by atoms with van der Waals surface area (Å²) in [6, 6.07) is -0.626. The highest BCUT2D eigenvalue weighted by Gasteiger charge is 2.43. The Bertz CT molecular complexity index is 460. The number of carbonyl (C=O) groups excluding carboxylic acids is 3. The van der Waals surface area contributed by atoms with Crippen LogP contribution in [-0.4, -0.2) is 48.5 Å². The van der Waals surface area contributed by atoms with Crippen molar-refractivity contribution in [2.45, 2.75) is 59.1 Å². The van der Waals surface area contributed by atoms with Crippen molar-refractivity contribution in [3.8, 4) is 0 Å². The Balaban J connectivity index is 2.72. The summed E-state index contributed by atoms with van der Waals surface area (Å²) in [6.07, 6.45) is 0.962. The van der Waals surface area contributed by atoms with Gasteiger partial charge >= 0.3 is 11.9 Å². The summed E-state index contributed by atoms with van der Waals surface area (Å²) in [4.78, 5) is 37.9. The van der Waals surface area contributed by atoms with Crippen LogP contribution in [0.15, 0.2) is 0 Å². The van der Waals surface area contributed by atoms with Gasteiger partial charge < -0.3 is 14.4 Å². The van der Waals surface area contributed by atoms with E-state index < -0.39 is 17.6 Å². The zero-order valence-corrected chi connectivity index (χ0v) is 15.2. The van der Waals surface area contributed by atoms with E-state index in [1.165, 1.54) is 12.0 Å². The first-order chi connectivity index (χ1) is 10.5. The topological polar surface area (TPSA) is 72.9 Å². The summed E-state index contributed by atoms with van der Waals surface area (Å²) >= 11 is 0. The van der Waals surface area contributed by atoms with Gasteiger partial charge in [-0.3, -0.25) is 9.59 Å². The van der Waals surface area contributed by atoms with E-state index in [0.29, 0.717) is 12.8 Å². The molecule has 0 N–H and O–H groups in total. The molecule has 0 radical (unpaired) electrons. The first-order valence-corrected chi connectivity index (χ1v) is 8.05. The molecule has 6 heteroatoms. The predicted octanol–water partition coefficient (Wildman–Crippen LogP) is 2.01. The summed E-state index contributed by atoms with van der Waals surface area (Å²) in [5.41, 5.74) is -0.597. The Morgan fingerprint density at radius 3 is 2.00 bits per heavy atom. The number of nitrogens with zero attached hydrogens (tertiary/aromatic N) is 1. The number of rotatable bonds is 5. The second-order valence-electron chi connectivity index (χ2n) is 7.56. The van der Waals surface area contributed by atoms with Gasteiger partial charge in [-0.05, 0) is 39.5 Å². The summed E-state index contributed by atoms with van der Waals surface area (Å²) in [5.74, 6) is -1.28. The number of likely N-dealkylation sites (N-methyl/N-ethyl adjacent to an activating group) is 1. The molecule has 132 valence electrons. The lowest BCUT2D eigenvalue weighted by Gasteiger charge is -2.38. The van der Waals surface area contributed by atoms with E-state index in [4.69, 9.17) is 4.74 Å². The van der Waals surface area contributed by atoms with E-state index in [2.05, 4.69) is 4.74 Å². The molecule has 0 aromatic rings. The molecule has 0 aromatic carbocycles. The Kier molecular flexibility index (Phi) is 6.19. The van der Waals surface area contributed by atoms with Crippen LogP contribution >= 0.6 is 0 Å². The van der Waals surface area contributed by atoms with Crippen molar-refractivity contribution in [2.24, 2.45) is 17.8 Å². The first-order valence-electron chi connectivity index (χ1n) is 8.05. The molecular formula is C17H29NO5. The number of esters is 2. The normalized spacial score (nSPS) is 22.1. The summed E-state index contributed by atoms with van der Waals surface area (Å²) in [5, 5.41) is 0. The molecule has 1 fully saturated rings. The average Bonchev–Trinajstić information content (AvgIpc) is 2.33. The van der Waals surface area contributed by atoms with Crippen molar-refractivity contribution in [2.75, 3.05) is 14.2 Å². The van der Waals surface area contributed by atoms with Gasteiger partial charge in [0.1, 0.15) is 11.6 Å².